The van der Waals surface area contributed by atoms with Gasteiger partial charge in [-0.15, -0.1) is 12.4 Å². The van der Waals surface area contributed by atoms with Crippen molar-refractivity contribution in [1.29, 1.82) is 0 Å². The van der Waals surface area contributed by atoms with Crippen LogP contribution in [0.5, 0.6) is 5.75 Å². The molecule has 1 aromatic rings. The zero-order valence-electron chi connectivity index (χ0n) is 12.9. The summed E-state index contributed by atoms with van der Waals surface area (Å²) in [6, 6.07) is 8.02. The van der Waals surface area contributed by atoms with Crippen molar-refractivity contribution in [3.63, 3.8) is 0 Å². The molecule has 1 amide bonds. The molecule has 4 nitrogen and oxygen atoms in total. The molecule has 2 rings (SSSR count). The van der Waals surface area contributed by atoms with Crippen molar-refractivity contribution in [3.05, 3.63) is 29.8 Å². The Morgan fingerprint density at radius 2 is 2.14 bits per heavy atom. The average molecular weight is 313 g/mol. The van der Waals surface area contributed by atoms with Crippen molar-refractivity contribution in [2.24, 2.45) is 11.7 Å². The highest BCUT2D eigenvalue weighted by atomic mass is 35.5. The Balaban J connectivity index is 0.00000220. The number of amides is 1. The molecule has 1 aromatic carbocycles. The summed E-state index contributed by atoms with van der Waals surface area (Å²) in [5.41, 5.74) is 7.01. The van der Waals surface area contributed by atoms with Crippen molar-refractivity contribution in [2.45, 2.75) is 38.8 Å². The van der Waals surface area contributed by atoms with Crippen LogP contribution in [-0.2, 0) is 4.79 Å². The van der Waals surface area contributed by atoms with E-state index in [-0.39, 0.29) is 36.3 Å². The first-order valence-electron chi connectivity index (χ1n) is 7.24. The minimum absolute atomic E-state index is 0. The number of methoxy groups -OCH3 is 1. The Bertz CT molecular complexity index is 479. The Morgan fingerprint density at radius 3 is 2.76 bits per heavy atom. The van der Waals surface area contributed by atoms with Crippen molar-refractivity contribution in [2.75, 3.05) is 13.7 Å². The molecule has 1 aliphatic heterocycles. The summed E-state index contributed by atoms with van der Waals surface area (Å²) in [6.45, 7) is 4.62. The molecule has 3 unspecified atom stereocenters. The fourth-order valence-corrected chi connectivity index (χ4v) is 2.71. The van der Waals surface area contributed by atoms with Gasteiger partial charge in [0.25, 0.3) is 0 Å². The van der Waals surface area contributed by atoms with Gasteiger partial charge in [-0.1, -0.05) is 19.1 Å². The van der Waals surface area contributed by atoms with Gasteiger partial charge in [-0.3, -0.25) is 4.79 Å². The molecule has 0 radical (unpaired) electrons. The first kappa shape index (κ1) is 17.8. The van der Waals surface area contributed by atoms with Crippen LogP contribution in [0.1, 0.15) is 38.3 Å². The lowest BCUT2D eigenvalue weighted by molar-refractivity contribution is -0.136. The number of carbonyl (C=O) groups is 1. The van der Waals surface area contributed by atoms with Gasteiger partial charge in [0.1, 0.15) is 5.75 Å². The average Bonchev–Trinajstić information content (AvgIpc) is 2.95. The Morgan fingerprint density at radius 1 is 1.43 bits per heavy atom. The molecule has 2 N–H and O–H groups in total. The van der Waals surface area contributed by atoms with E-state index in [1.165, 1.54) is 0 Å². The minimum atomic E-state index is -0.138. The highest BCUT2D eigenvalue weighted by Crippen LogP contribution is 2.34. The second kappa shape index (κ2) is 7.66. The van der Waals surface area contributed by atoms with Crippen LogP contribution in [0, 0.1) is 5.92 Å². The van der Waals surface area contributed by atoms with E-state index < -0.39 is 0 Å². The fraction of sp³-hybridized carbons (Fsp3) is 0.562. The van der Waals surface area contributed by atoms with E-state index >= 15 is 0 Å². The Labute approximate surface area is 133 Å². The van der Waals surface area contributed by atoms with Gasteiger partial charge in [-0.2, -0.15) is 0 Å². The van der Waals surface area contributed by atoms with E-state index in [9.17, 15) is 4.79 Å². The molecule has 1 fully saturated rings. The van der Waals surface area contributed by atoms with Crippen LogP contribution in [0.4, 0.5) is 0 Å². The number of carbonyl (C=O) groups excluding carboxylic acids is 1. The van der Waals surface area contributed by atoms with Gasteiger partial charge in [-0.05, 0) is 37.5 Å². The van der Waals surface area contributed by atoms with Gasteiger partial charge < -0.3 is 15.4 Å². The third kappa shape index (κ3) is 3.89. The largest absolute Gasteiger partial charge is 0.497 e. The maximum absolute atomic E-state index is 12.5. The Hall–Kier alpha value is -1.26. The van der Waals surface area contributed by atoms with Crippen LogP contribution in [0.25, 0.3) is 0 Å². The van der Waals surface area contributed by atoms with Gasteiger partial charge in [-0.25, -0.2) is 0 Å². The van der Waals surface area contributed by atoms with Gasteiger partial charge in [0, 0.05) is 12.6 Å². The summed E-state index contributed by atoms with van der Waals surface area (Å²) in [5, 5.41) is 0. The fourth-order valence-electron chi connectivity index (χ4n) is 2.71. The standard InChI is InChI=1S/C16H24N2O2.ClH/c1-11(12(2)17)16(19)18-9-5-8-15(18)13-6-4-7-14(10-13)20-3;/h4,6-7,10-12,15H,5,8-9,17H2,1-3H3;1H. The highest BCUT2D eigenvalue weighted by Gasteiger charge is 2.33. The van der Waals surface area contributed by atoms with Crippen LogP contribution in [-0.4, -0.2) is 30.5 Å². The first-order chi connectivity index (χ1) is 9.54. The molecule has 5 heteroatoms. The summed E-state index contributed by atoms with van der Waals surface area (Å²) in [6.07, 6.45) is 2.05. The molecule has 3 atom stereocenters. The zero-order chi connectivity index (χ0) is 14.7. The summed E-state index contributed by atoms with van der Waals surface area (Å²) >= 11 is 0. The van der Waals surface area contributed by atoms with Crippen LogP contribution in [0.3, 0.4) is 0 Å². The number of benzene rings is 1. The van der Waals surface area contributed by atoms with Crippen LogP contribution >= 0.6 is 12.4 Å². The molecule has 0 aromatic heterocycles. The van der Waals surface area contributed by atoms with Crippen molar-refractivity contribution in [3.8, 4) is 5.75 Å². The lowest BCUT2D eigenvalue weighted by Gasteiger charge is -2.29. The third-order valence-corrected chi connectivity index (χ3v) is 4.19. The number of likely N-dealkylation sites (tertiary alicyclic amines) is 1. The number of nitrogens with two attached hydrogens (primary N) is 1. The van der Waals surface area contributed by atoms with Gasteiger partial charge in [0.2, 0.25) is 5.91 Å². The monoisotopic (exact) mass is 312 g/mol. The predicted octanol–water partition coefficient (Wildman–Crippen LogP) is 2.76. The molecule has 21 heavy (non-hydrogen) atoms. The quantitative estimate of drug-likeness (QED) is 0.930. The molecular weight excluding hydrogens is 288 g/mol. The molecule has 0 bridgehead atoms. The van der Waals surface area contributed by atoms with Gasteiger partial charge >= 0.3 is 0 Å². The first-order valence-corrected chi connectivity index (χ1v) is 7.24. The molecule has 1 aliphatic rings. The van der Waals surface area contributed by atoms with Crippen LogP contribution < -0.4 is 10.5 Å². The summed E-state index contributed by atoms with van der Waals surface area (Å²) in [7, 11) is 1.66. The van der Waals surface area contributed by atoms with E-state index in [0.717, 1.165) is 30.7 Å². The van der Waals surface area contributed by atoms with E-state index in [1.54, 1.807) is 7.11 Å². The van der Waals surface area contributed by atoms with E-state index in [0.29, 0.717) is 0 Å². The second-order valence-electron chi connectivity index (χ2n) is 5.61. The number of nitrogens with zero attached hydrogens (tertiary/aromatic N) is 1. The van der Waals surface area contributed by atoms with E-state index in [4.69, 9.17) is 10.5 Å². The highest BCUT2D eigenvalue weighted by molar-refractivity contribution is 5.85. The second-order valence-corrected chi connectivity index (χ2v) is 5.61. The van der Waals surface area contributed by atoms with Crippen molar-refractivity contribution < 1.29 is 9.53 Å². The number of hydrogen-bond donors (Lipinski definition) is 1. The normalized spacial score (nSPS) is 20.6. The number of ether oxygens (including phenoxy) is 1. The Kier molecular flexibility index (Phi) is 6.49. The third-order valence-electron chi connectivity index (χ3n) is 4.19. The molecular formula is C16H25ClN2O2. The maximum Gasteiger partial charge on any atom is 0.227 e. The molecule has 0 saturated carbocycles. The van der Waals surface area contributed by atoms with Gasteiger partial charge in [0.15, 0.2) is 0 Å². The van der Waals surface area contributed by atoms with Crippen LogP contribution in [0.2, 0.25) is 0 Å². The van der Waals surface area contributed by atoms with Crippen molar-refractivity contribution >= 4 is 18.3 Å². The van der Waals surface area contributed by atoms with Crippen molar-refractivity contribution in [1.82, 2.24) is 4.90 Å². The summed E-state index contributed by atoms with van der Waals surface area (Å²) < 4.78 is 5.27. The lowest BCUT2D eigenvalue weighted by Crippen LogP contribution is -2.41. The van der Waals surface area contributed by atoms with E-state index in [1.807, 2.05) is 36.9 Å². The number of rotatable bonds is 4. The minimum Gasteiger partial charge on any atom is -0.497 e. The van der Waals surface area contributed by atoms with E-state index in [2.05, 4.69) is 6.07 Å². The smallest absolute Gasteiger partial charge is 0.227 e. The maximum atomic E-state index is 12.5. The molecule has 0 spiro atoms. The van der Waals surface area contributed by atoms with Crippen LogP contribution in [0.15, 0.2) is 24.3 Å². The topological polar surface area (TPSA) is 55.6 Å². The zero-order valence-corrected chi connectivity index (χ0v) is 13.7. The molecule has 1 saturated heterocycles. The number of hydrogen-bond acceptors (Lipinski definition) is 3. The summed E-state index contributed by atoms with van der Waals surface area (Å²) in [4.78, 5) is 14.5. The molecule has 1 heterocycles. The van der Waals surface area contributed by atoms with Gasteiger partial charge in [0.05, 0.1) is 19.1 Å². The predicted molar refractivity (Wildman–Crippen MR) is 86.7 cm³/mol. The molecule has 0 aliphatic carbocycles. The number of halogens is 1. The molecule has 118 valence electrons. The SMILES string of the molecule is COc1cccc(C2CCCN2C(=O)C(C)C(C)N)c1.Cl. The lowest BCUT2D eigenvalue weighted by atomic mass is 10.00. The summed E-state index contributed by atoms with van der Waals surface area (Å²) in [5.74, 6) is 0.855.